The second-order valence-electron chi connectivity index (χ2n) is 5.29. The first-order valence-electron chi connectivity index (χ1n) is 6.95. The quantitative estimate of drug-likeness (QED) is 0.800. The van der Waals surface area contributed by atoms with E-state index in [1.807, 2.05) is 38.1 Å². The van der Waals surface area contributed by atoms with Crippen LogP contribution in [0.25, 0.3) is 0 Å². The van der Waals surface area contributed by atoms with Gasteiger partial charge in [0, 0.05) is 7.11 Å². The third-order valence-electron chi connectivity index (χ3n) is 4.08. The van der Waals surface area contributed by atoms with Crippen LogP contribution in [0.15, 0.2) is 35.4 Å². The van der Waals surface area contributed by atoms with Crippen LogP contribution in [0.2, 0.25) is 0 Å². The molecule has 1 aromatic carbocycles. The summed E-state index contributed by atoms with van der Waals surface area (Å²) in [5, 5.41) is 0. The van der Waals surface area contributed by atoms with Gasteiger partial charge in [0.05, 0.1) is 0 Å². The SMILES string of the molecule is CCCCC1=C(C)C(=O)C1(OC)c1ccc(C)cc1. The van der Waals surface area contributed by atoms with Gasteiger partial charge in [0.1, 0.15) is 0 Å². The Balaban J connectivity index is 2.43. The van der Waals surface area contributed by atoms with Crippen LogP contribution in [0, 0.1) is 6.92 Å². The van der Waals surface area contributed by atoms with E-state index in [1.165, 1.54) is 5.56 Å². The van der Waals surface area contributed by atoms with E-state index in [2.05, 4.69) is 6.92 Å². The van der Waals surface area contributed by atoms with Gasteiger partial charge >= 0.3 is 0 Å². The first-order valence-corrected chi connectivity index (χ1v) is 6.95. The standard InChI is InChI=1S/C17H22O2/c1-5-6-7-15-13(3)16(18)17(15,19-4)14-10-8-12(2)9-11-14/h8-11H,5-7H2,1-4H3. The van der Waals surface area contributed by atoms with Gasteiger partial charge in [0.2, 0.25) is 0 Å². The second-order valence-corrected chi connectivity index (χ2v) is 5.29. The van der Waals surface area contributed by atoms with Crippen molar-refractivity contribution < 1.29 is 9.53 Å². The molecular weight excluding hydrogens is 236 g/mol. The molecule has 1 atom stereocenters. The molecule has 2 rings (SSSR count). The molecule has 0 radical (unpaired) electrons. The molecule has 0 heterocycles. The average molecular weight is 258 g/mol. The zero-order valence-corrected chi connectivity index (χ0v) is 12.2. The number of rotatable bonds is 5. The van der Waals surface area contributed by atoms with Gasteiger partial charge in [-0.2, -0.15) is 0 Å². The molecule has 2 nitrogen and oxygen atoms in total. The van der Waals surface area contributed by atoms with E-state index in [1.54, 1.807) is 7.11 Å². The van der Waals surface area contributed by atoms with E-state index >= 15 is 0 Å². The fourth-order valence-electron chi connectivity index (χ4n) is 2.88. The Morgan fingerprint density at radius 1 is 1.16 bits per heavy atom. The highest BCUT2D eigenvalue weighted by Crippen LogP contribution is 2.48. The van der Waals surface area contributed by atoms with Crippen molar-refractivity contribution in [2.45, 2.75) is 45.6 Å². The van der Waals surface area contributed by atoms with Crippen LogP contribution in [0.5, 0.6) is 0 Å². The molecule has 0 aromatic heterocycles. The zero-order valence-electron chi connectivity index (χ0n) is 12.2. The van der Waals surface area contributed by atoms with Crippen molar-refractivity contribution in [3.63, 3.8) is 0 Å². The summed E-state index contributed by atoms with van der Waals surface area (Å²) in [4.78, 5) is 12.4. The molecule has 1 aliphatic carbocycles. The van der Waals surface area contributed by atoms with Gasteiger partial charge in [-0.05, 0) is 43.4 Å². The van der Waals surface area contributed by atoms with Crippen molar-refractivity contribution in [1.29, 1.82) is 0 Å². The summed E-state index contributed by atoms with van der Waals surface area (Å²) in [5.74, 6) is 0.116. The number of methoxy groups -OCH3 is 1. The van der Waals surface area contributed by atoms with E-state index in [9.17, 15) is 4.79 Å². The lowest BCUT2D eigenvalue weighted by Crippen LogP contribution is -2.49. The Labute approximate surface area is 115 Å². The molecule has 19 heavy (non-hydrogen) atoms. The van der Waals surface area contributed by atoms with E-state index in [0.717, 1.165) is 36.0 Å². The van der Waals surface area contributed by atoms with Crippen LogP contribution in [0.3, 0.4) is 0 Å². The maximum atomic E-state index is 12.4. The van der Waals surface area contributed by atoms with Gasteiger partial charge in [-0.15, -0.1) is 0 Å². The predicted octanol–water partition coefficient (Wildman–Crippen LogP) is 3.93. The summed E-state index contributed by atoms with van der Waals surface area (Å²) in [6.07, 6.45) is 3.16. The number of carbonyl (C=O) groups excluding carboxylic acids is 1. The van der Waals surface area contributed by atoms with Crippen LogP contribution in [-0.2, 0) is 15.1 Å². The highest BCUT2D eigenvalue weighted by Gasteiger charge is 2.52. The maximum absolute atomic E-state index is 12.4. The fraction of sp³-hybridized carbons (Fsp3) is 0.471. The van der Waals surface area contributed by atoms with Crippen LogP contribution in [-0.4, -0.2) is 12.9 Å². The van der Waals surface area contributed by atoms with Gasteiger partial charge in [-0.25, -0.2) is 0 Å². The summed E-state index contributed by atoms with van der Waals surface area (Å²) in [7, 11) is 1.64. The smallest absolute Gasteiger partial charge is 0.199 e. The fourth-order valence-corrected chi connectivity index (χ4v) is 2.88. The number of benzene rings is 1. The van der Waals surface area contributed by atoms with Crippen molar-refractivity contribution >= 4 is 5.78 Å². The summed E-state index contributed by atoms with van der Waals surface area (Å²) in [6.45, 7) is 6.13. The molecule has 0 bridgehead atoms. The van der Waals surface area contributed by atoms with E-state index < -0.39 is 5.60 Å². The van der Waals surface area contributed by atoms with Crippen molar-refractivity contribution in [3.8, 4) is 0 Å². The molecule has 0 N–H and O–H groups in total. The number of unbranched alkanes of at least 4 members (excludes halogenated alkanes) is 1. The number of carbonyl (C=O) groups is 1. The lowest BCUT2D eigenvalue weighted by molar-refractivity contribution is -0.139. The summed E-state index contributed by atoms with van der Waals surface area (Å²) in [6, 6.07) is 8.09. The number of hydrogen-bond donors (Lipinski definition) is 0. The molecule has 1 unspecified atom stereocenters. The highest BCUT2D eigenvalue weighted by molar-refractivity contribution is 6.12. The Morgan fingerprint density at radius 2 is 1.79 bits per heavy atom. The van der Waals surface area contributed by atoms with Crippen LogP contribution in [0.1, 0.15) is 44.2 Å². The lowest BCUT2D eigenvalue weighted by atomic mass is 9.66. The Bertz CT molecular complexity index is 511. The molecule has 0 saturated heterocycles. The Hall–Kier alpha value is -1.41. The minimum atomic E-state index is -0.813. The number of ketones is 1. The molecular formula is C17H22O2. The molecule has 1 aromatic rings. The molecule has 0 fully saturated rings. The molecule has 0 aliphatic heterocycles. The molecule has 102 valence electrons. The number of aryl methyl sites for hydroxylation is 1. The topological polar surface area (TPSA) is 26.3 Å². The van der Waals surface area contributed by atoms with Crippen molar-refractivity contribution in [2.24, 2.45) is 0 Å². The molecule has 0 amide bonds. The second kappa shape index (κ2) is 5.30. The minimum absolute atomic E-state index is 0.116. The third-order valence-corrected chi connectivity index (χ3v) is 4.08. The summed E-state index contributed by atoms with van der Waals surface area (Å²) < 4.78 is 5.68. The largest absolute Gasteiger partial charge is 0.361 e. The third kappa shape index (κ3) is 2.04. The molecule has 1 aliphatic rings. The Kier molecular flexibility index (Phi) is 3.91. The minimum Gasteiger partial charge on any atom is -0.361 e. The average Bonchev–Trinajstić information content (AvgIpc) is 2.44. The van der Waals surface area contributed by atoms with Gasteiger partial charge in [-0.3, -0.25) is 4.79 Å². The zero-order chi connectivity index (χ0) is 14.0. The van der Waals surface area contributed by atoms with Crippen LogP contribution >= 0.6 is 0 Å². The maximum Gasteiger partial charge on any atom is 0.199 e. The molecule has 0 saturated carbocycles. The van der Waals surface area contributed by atoms with Crippen LogP contribution in [0.4, 0.5) is 0 Å². The number of Topliss-reactive ketones (excluding diaryl/α,β-unsaturated/α-hetero) is 1. The van der Waals surface area contributed by atoms with Crippen LogP contribution < -0.4 is 0 Å². The molecule has 2 heteroatoms. The predicted molar refractivity (Wildman–Crippen MR) is 77.1 cm³/mol. The van der Waals surface area contributed by atoms with E-state index in [4.69, 9.17) is 4.74 Å². The van der Waals surface area contributed by atoms with Gasteiger partial charge in [-0.1, -0.05) is 43.2 Å². The monoisotopic (exact) mass is 258 g/mol. The van der Waals surface area contributed by atoms with E-state index in [0.29, 0.717) is 0 Å². The normalized spacial score (nSPS) is 22.6. The van der Waals surface area contributed by atoms with Gasteiger partial charge in [0.25, 0.3) is 0 Å². The first kappa shape index (κ1) is 14.0. The summed E-state index contributed by atoms with van der Waals surface area (Å²) in [5.41, 5.74) is 3.38. The molecule has 0 spiro atoms. The van der Waals surface area contributed by atoms with E-state index in [-0.39, 0.29) is 5.78 Å². The first-order chi connectivity index (χ1) is 9.07. The van der Waals surface area contributed by atoms with Crippen molar-refractivity contribution in [3.05, 3.63) is 46.5 Å². The van der Waals surface area contributed by atoms with Gasteiger partial charge < -0.3 is 4.74 Å². The Morgan fingerprint density at radius 3 is 2.32 bits per heavy atom. The van der Waals surface area contributed by atoms with Crippen molar-refractivity contribution in [2.75, 3.05) is 7.11 Å². The van der Waals surface area contributed by atoms with Gasteiger partial charge in [0.15, 0.2) is 11.4 Å². The number of ether oxygens (including phenoxy) is 1. The highest BCUT2D eigenvalue weighted by atomic mass is 16.5. The number of hydrogen-bond acceptors (Lipinski definition) is 2. The summed E-state index contributed by atoms with van der Waals surface area (Å²) >= 11 is 0. The lowest BCUT2D eigenvalue weighted by Gasteiger charge is -2.43. The van der Waals surface area contributed by atoms with Crippen molar-refractivity contribution in [1.82, 2.24) is 0 Å².